The number of aliphatic imine (C=N–C) groups is 1. The Balaban J connectivity index is 1.82. The zero-order chi connectivity index (χ0) is 19.9. The van der Waals surface area contributed by atoms with Gasteiger partial charge in [0.25, 0.3) is 0 Å². The van der Waals surface area contributed by atoms with Crippen LogP contribution in [0.4, 0.5) is 4.79 Å². The van der Waals surface area contributed by atoms with Crippen LogP contribution in [0, 0.1) is 0 Å². The predicted molar refractivity (Wildman–Crippen MR) is 103 cm³/mol. The number of hydrogen-bond donors (Lipinski definition) is 3. The first-order valence-corrected chi connectivity index (χ1v) is 10.3. The normalized spacial score (nSPS) is 16.2. The van der Waals surface area contributed by atoms with Gasteiger partial charge in [0.15, 0.2) is 5.96 Å². The van der Waals surface area contributed by atoms with Crippen molar-refractivity contribution < 1.29 is 17.9 Å². The molecule has 0 bridgehead atoms. The average molecular weight is 398 g/mol. The van der Waals surface area contributed by atoms with Crippen LogP contribution in [0.15, 0.2) is 34.2 Å². The Bertz CT molecular complexity index is 756. The molecule has 9 nitrogen and oxygen atoms in total. The Kier molecular flexibility index (Phi) is 7.43. The third kappa shape index (κ3) is 6.10. The number of sulfonamides is 1. The van der Waals surface area contributed by atoms with Gasteiger partial charge in [-0.15, -0.1) is 0 Å². The second-order valence-electron chi connectivity index (χ2n) is 6.16. The Morgan fingerprint density at radius 3 is 2.48 bits per heavy atom. The maximum absolute atomic E-state index is 11.7. The molecule has 0 aliphatic carbocycles. The number of ether oxygens (including phenoxy) is 1. The van der Waals surface area contributed by atoms with Crippen molar-refractivity contribution in [2.75, 3.05) is 26.7 Å². The fourth-order valence-electron chi connectivity index (χ4n) is 2.74. The number of amides is 1. The molecule has 0 radical (unpaired) electrons. The Morgan fingerprint density at radius 1 is 1.30 bits per heavy atom. The lowest BCUT2D eigenvalue weighted by Gasteiger charge is -2.31. The number of nitrogens with zero attached hydrogens (tertiary/aromatic N) is 2. The summed E-state index contributed by atoms with van der Waals surface area (Å²) in [5.41, 5.74) is 6.80. The molecule has 0 aromatic heterocycles. The van der Waals surface area contributed by atoms with E-state index in [1.807, 2.05) is 0 Å². The smallest absolute Gasteiger partial charge is 0.409 e. The first-order chi connectivity index (χ1) is 12.9. The first-order valence-electron chi connectivity index (χ1n) is 8.86. The van der Waals surface area contributed by atoms with Crippen molar-refractivity contribution in [3.05, 3.63) is 29.8 Å². The van der Waals surface area contributed by atoms with Gasteiger partial charge >= 0.3 is 6.09 Å². The minimum Gasteiger partial charge on any atom is -0.450 e. The van der Waals surface area contributed by atoms with E-state index in [1.165, 1.54) is 19.2 Å². The number of likely N-dealkylation sites (tertiary alicyclic amines) is 1. The van der Waals surface area contributed by atoms with E-state index in [9.17, 15) is 13.2 Å². The van der Waals surface area contributed by atoms with Crippen molar-refractivity contribution in [3.63, 3.8) is 0 Å². The number of piperidine rings is 1. The van der Waals surface area contributed by atoms with E-state index in [0.717, 1.165) is 18.4 Å². The Labute approximate surface area is 160 Å². The van der Waals surface area contributed by atoms with Crippen LogP contribution in [-0.2, 0) is 21.3 Å². The van der Waals surface area contributed by atoms with Crippen molar-refractivity contribution in [2.45, 2.75) is 37.2 Å². The van der Waals surface area contributed by atoms with E-state index in [-0.39, 0.29) is 17.0 Å². The SMILES string of the molecule is CCOC(=O)N1CCC(NC(N)=NCc2ccc(S(=O)(=O)NC)cc2)CC1. The molecule has 1 saturated heterocycles. The van der Waals surface area contributed by atoms with Gasteiger partial charge in [-0.1, -0.05) is 12.1 Å². The molecule has 0 unspecified atom stereocenters. The summed E-state index contributed by atoms with van der Waals surface area (Å²) < 4.78 is 30.7. The molecular formula is C17H27N5O4S. The Hall–Kier alpha value is -2.33. The second-order valence-corrected chi connectivity index (χ2v) is 8.04. The minimum atomic E-state index is -3.44. The number of benzene rings is 1. The standard InChI is InChI=1S/C17H27N5O4S/c1-3-26-17(23)22-10-8-14(9-11-22)21-16(18)20-12-13-4-6-15(7-5-13)27(24,25)19-2/h4-7,14,19H,3,8-12H2,1-2H3,(H3,18,20,21). The summed E-state index contributed by atoms with van der Waals surface area (Å²) >= 11 is 0. The number of carbonyl (C=O) groups excluding carboxylic acids is 1. The fraction of sp³-hybridized carbons (Fsp3) is 0.529. The summed E-state index contributed by atoms with van der Waals surface area (Å²) in [5, 5.41) is 3.17. The van der Waals surface area contributed by atoms with E-state index in [4.69, 9.17) is 10.5 Å². The maximum Gasteiger partial charge on any atom is 0.409 e. The summed E-state index contributed by atoms with van der Waals surface area (Å²) in [5.74, 6) is 0.330. The molecule has 1 heterocycles. The van der Waals surface area contributed by atoms with Gasteiger partial charge < -0.3 is 20.7 Å². The zero-order valence-electron chi connectivity index (χ0n) is 15.6. The van der Waals surface area contributed by atoms with Crippen LogP contribution in [0.1, 0.15) is 25.3 Å². The summed E-state index contributed by atoms with van der Waals surface area (Å²) in [6.07, 6.45) is 1.26. The van der Waals surface area contributed by atoms with Gasteiger partial charge in [-0.05, 0) is 44.5 Å². The maximum atomic E-state index is 11.7. The van der Waals surface area contributed by atoms with Crippen molar-refractivity contribution in [2.24, 2.45) is 10.7 Å². The van der Waals surface area contributed by atoms with Crippen LogP contribution in [0.25, 0.3) is 0 Å². The van der Waals surface area contributed by atoms with E-state index in [1.54, 1.807) is 24.0 Å². The summed E-state index contributed by atoms with van der Waals surface area (Å²) in [7, 11) is -2.07. The monoisotopic (exact) mass is 397 g/mol. The molecule has 2 rings (SSSR count). The molecular weight excluding hydrogens is 370 g/mol. The van der Waals surface area contributed by atoms with E-state index < -0.39 is 10.0 Å². The first kappa shape index (κ1) is 21.0. The lowest BCUT2D eigenvalue weighted by atomic mass is 10.1. The van der Waals surface area contributed by atoms with Gasteiger partial charge in [0.05, 0.1) is 18.0 Å². The van der Waals surface area contributed by atoms with Crippen LogP contribution in [0.2, 0.25) is 0 Å². The number of carbonyl (C=O) groups is 1. The molecule has 150 valence electrons. The predicted octanol–water partition coefficient (Wildman–Crippen LogP) is 0.620. The Morgan fingerprint density at radius 2 is 1.93 bits per heavy atom. The number of nitrogens with two attached hydrogens (primary N) is 1. The highest BCUT2D eigenvalue weighted by Crippen LogP contribution is 2.12. The lowest BCUT2D eigenvalue weighted by molar-refractivity contribution is 0.0963. The minimum absolute atomic E-state index is 0.155. The molecule has 1 amide bonds. The van der Waals surface area contributed by atoms with Crippen molar-refractivity contribution >= 4 is 22.1 Å². The average Bonchev–Trinajstić information content (AvgIpc) is 2.67. The van der Waals surface area contributed by atoms with Gasteiger partial charge in [-0.3, -0.25) is 0 Å². The molecule has 0 saturated carbocycles. The molecule has 10 heteroatoms. The van der Waals surface area contributed by atoms with Gasteiger partial charge in [0.2, 0.25) is 10.0 Å². The molecule has 0 spiro atoms. The molecule has 1 aromatic carbocycles. The highest BCUT2D eigenvalue weighted by Gasteiger charge is 2.23. The molecule has 1 aliphatic heterocycles. The molecule has 0 atom stereocenters. The fourth-order valence-corrected chi connectivity index (χ4v) is 3.47. The number of nitrogens with one attached hydrogen (secondary N) is 2. The van der Waals surface area contributed by atoms with E-state index in [2.05, 4.69) is 15.0 Å². The van der Waals surface area contributed by atoms with Crippen molar-refractivity contribution in [3.8, 4) is 0 Å². The topological polar surface area (TPSA) is 126 Å². The third-order valence-electron chi connectivity index (χ3n) is 4.31. The number of hydrogen-bond acceptors (Lipinski definition) is 5. The second kappa shape index (κ2) is 9.56. The van der Waals surface area contributed by atoms with Crippen LogP contribution in [0.5, 0.6) is 0 Å². The van der Waals surface area contributed by atoms with Crippen LogP contribution in [-0.4, -0.2) is 58.2 Å². The van der Waals surface area contributed by atoms with Crippen LogP contribution < -0.4 is 15.8 Å². The number of guanidine groups is 1. The van der Waals surface area contributed by atoms with Gasteiger partial charge in [0, 0.05) is 19.1 Å². The molecule has 1 aliphatic rings. The van der Waals surface area contributed by atoms with E-state index >= 15 is 0 Å². The van der Waals surface area contributed by atoms with Crippen LogP contribution >= 0.6 is 0 Å². The summed E-state index contributed by atoms with van der Waals surface area (Å²) in [4.78, 5) is 17.9. The highest BCUT2D eigenvalue weighted by atomic mass is 32.2. The molecule has 1 fully saturated rings. The lowest BCUT2D eigenvalue weighted by Crippen LogP contribution is -2.48. The molecule has 4 N–H and O–H groups in total. The molecule has 27 heavy (non-hydrogen) atoms. The van der Waals surface area contributed by atoms with Gasteiger partial charge in [-0.25, -0.2) is 22.9 Å². The highest BCUT2D eigenvalue weighted by molar-refractivity contribution is 7.89. The third-order valence-corrected chi connectivity index (χ3v) is 5.74. The summed E-state index contributed by atoms with van der Waals surface area (Å²) in [6.45, 7) is 3.74. The molecule has 1 aromatic rings. The largest absolute Gasteiger partial charge is 0.450 e. The number of rotatable bonds is 6. The van der Waals surface area contributed by atoms with Crippen molar-refractivity contribution in [1.82, 2.24) is 14.9 Å². The van der Waals surface area contributed by atoms with E-state index in [0.29, 0.717) is 32.2 Å². The summed E-state index contributed by atoms with van der Waals surface area (Å²) in [6, 6.07) is 6.64. The van der Waals surface area contributed by atoms with Crippen molar-refractivity contribution in [1.29, 1.82) is 0 Å². The van der Waals surface area contributed by atoms with Crippen LogP contribution in [0.3, 0.4) is 0 Å². The zero-order valence-corrected chi connectivity index (χ0v) is 16.5. The van der Waals surface area contributed by atoms with Gasteiger partial charge in [0.1, 0.15) is 0 Å². The quantitative estimate of drug-likeness (QED) is 0.477. The van der Waals surface area contributed by atoms with Gasteiger partial charge in [-0.2, -0.15) is 0 Å².